The number of hydrogen-bond donors (Lipinski definition) is 3. The molecule has 9 rings (SSSR count). The quantitative estimate of drug-likeness (QED) is 0.158. The van der Waals surface area contributed by atoms with E-state index in [2.05, 4.69) is 89.9 Å². The fourth-order valence-corrected chi connectivity index (χ4v) is 9.67. The molecule has 0 spiro atoms. The highest BCUT2D eigenvalue weighted by Gasteiger charge is 2.38. The largest absolute Gasteiger partial charge is 0.343 e. The lowest BCUT2D eigenvalue weighted by Gasteiger charge is -2.48. The molecular weight excluding hydrogens is 731 g/mol. The molecule has 1 saturated carbocycles. The average Bonchev–Trinajstić information content (AvgIpc) is 3.84. The van der Waals surface area contributed by atoms with Gasteiger partial charge in [-0.2, -0.15) is 4.98 Å². The minimum atomic E-state index is -0.392. The van der Waals surface area contributed by atoms with Crippen molar-refractivity contribution < 1.29 is 18.9 Å². The van der Waals surface area contributed by atoms with Gasteiger partial charge >= 0.3 is 11.8 Å². The Morgan fingerprint density at radius 1 is 0.931 bits per heavy atom. The number of benzene rings is 2. The Balaban J connectivity index is 0.799. The number of carbonyl (C=O) groups is 3. The van der Waals surface area contributed by atoms with Gasteiger partial charge in [0.15, 0.2) is 5.82 Å². The summed E-state index contributed by atoms with van der Waals surface area (Å²) in [6.45, 7) is 14.3. The lowest BCUT2D eigenvalue weighted by molar-refractivity contribution is -0.134. The molecule has 2 aliphatic heterocycles. The van der Waals surface area contributed by atoms with Gasteiger partial charge in [-0.15, -0.1) is 0 Å². The van der Waals surface area contributed by atoms with Gasteiger partial charge < -0.3 is 14.8 Å². The summed E-state index contributed by atoms with van der Waals surface area (Å²) in [5.41, 5.74) is 9.58. The van der Waals surface area contributed by atoms with Gasteiger partial charge in [-0.3, -0.25) is 29.5 Å². The number of imide groups is 1. The van der Waals surface area contributed by atoms with Crippen molar-refractivity contribution in [2.24, 2.45) is 0 Å². The summed E-state index contributed by atoms with van der Waals surface area (Å²) in [5, 5.41) is 10.6. The number of aromatic nitrogens is 5. The zero-order valence-electron chi connectivity index (χ0n) is 34.1. The van der Waals surface area contributed by atoms with Crippen molar-refractivity contribution in [3.05, 3.63) is 94.0 Å². The molecule has 1 unspecified atom stereocenters. The van der Waals surface area contributed by atoms with Gasteiger partial charge in [-0.25, -0.2) is 9.97 Å². The number of H-pyrrole nitrogens is 1. The third-order valence-electron chi connectivity index (χ3n) is 13.1. The van der Waals surface area contributed by atoms with Gasteiger partial charge in [0.05, 0.1) is 17.7 Å². The molecule has 13 heteroatoms. The molecule has 3 N–H and O–H groups in total. The third kappa shape index (κ3) is 7.34. The Bertz CT molecular complexity index is 2360. The fourth-order valence-electron chi connectivity index (χ4n) is 9.67. The van der Waals surface area contributed by atoms with E-state index in [1.54, 1.807) is 6.33 Å². The highest BCUT2D eigenvalue weighted by atomic mass is 16.5. The number of aromatic amines is 1. The normalized spacial score (nSPS) is 23.6. The lowest BCUT2D eigenvalue weighted by Crippen LogP contribution is -2.56. The van der Waals surface area contributed by atoms with Gasteiger partial charge in [0.25, 0.3) is 0 Å². The Morgan fingerprint density at radius 3 is 2.34 bits per heavy atom. The first kappa shape index (κ1) is 38.3. The van der Waals surface area contributed by atoms with Crippen LogP contribution in [-0.4, -0.2) is 90.9 Å². The number of aryl methyl sites for hydroxylation is 2. The maximum atomic E-state index is 13.0. The summed E-state index contributed by atoms with van der Waals surface area (Å²) in [5.74, 6) is 0.0665. The molecule has 0 radical (unpaired) electrons. The second-order valence-electron chi connectivity index (χ2n) is 17.9. The summed E-state index contributed by atoms with van der Waals surface area (Å²) in [6.07, 6.45) is 8.09. The predicted octanol–water partition coefficient (Wildman–Crippen LogP) is 6.05. The zero-order chi connectivity index (χ0) is 40.3. The molecular formula is C45H53N9O4. The Morgan fingerprint density at radius 2 is 1.66 bits per heavy atom. The first-order valence-corrected chi connectivity index (χ1v) is 20.9. The van der Waals surface area contributed by atoms with Crippen LogP contribution in [0.3, 0.4) is 0 Å². The van der Waals surface area contributed by atoms with Crippen molar-refractivity contribution in [3.63, 3.8) is 0 Å². The minimum Gasteiger partial charge on any atom is -0.343 e. The minimum absolute atomic E-state index is 0.0336. The topological polar surface area (TPSA) is 162 Å². The summed E-state index contributed by atoms with van der Waals surface area (Å²) in [6, 6.07) is 15.7. The van der Waals surface area contributed by atoms with E-state index in [0.717, 1.165) is 84.4 Å². The first-order valence-electron chi connectivity index (χ1n) is 20.9. The van der Waals surface area contributed by atoms with Crippen LogP contribution in [0.5, 0.6) is 0 Å². The molecule has 2 aromatic carbocycles. The van der Waals surface area contributed by atoms with Crippen LogP contribution in [0.25, 0.3) is 22.3 Å². The highest BCUT2D eigenvalue weighted by molar-refractivity contribution is 6.01. The van der Waals surface area contributed by atoms with Crippen molar-refractivity contribution in [1.29, 1.82) is 0 Å². The number of amides is 3. The smallest absolute Gasteiger partial charge is 0.315 e. The number of hydrogen-bond acceptors (Lipinski definition) is 10. The first-order chi connectivity index (χ1) is 27.9. The zero-order valence-corrected chi connectivity index (χ0v) is 34.1. The van der Waals surface area contributed by atoms with E-state index in [4.69, 9.17) is 9.51 Å². The summed E-state index contributed by atoms with van der Waals surface area (Å²) in [4.78, 5) is 59.7. The van der Waals surface area contributed by atoms with Crippen molar-refractivity contribution >= 4 is 28.8 Å². The second kappa shape index (κ2) is 15.2. The van der Waals surface area contributed by atoms with Crippen LogP contribution in [0.2, 0.25) is 0 Å². The molecule has 5 heterocycles. The molecule has 4 aliphatic rings. The number of rotatable bonds is 8. The van der Waals surface area contributed by atoms with Crippen LogP contribution in [0, 0.1) is 6.92 Å². The van der Waals surface area contributed by atoms with E-state index in [9.17, 15) is 14.4 Å². The van der Waals surface area contributed by atoms with Crippen LogP contribution in [0.15, 0.2) is 53.3 Å². The van der Waals surface area contributed by atoms with Crippen LogP contribution >= 0.6 is 0 Å². The van der Waals surface area contributed by atoms with E-state index in [1.807, 2.05) is 27.7 Å². The maximum absolute atomic E-state index is 13.0. The predicted molar refractivity (Wildman–Crippen MR) is 219 cm³/mol. The SMILES string of the molecule is Cc1cc(-c2ncnc3[nH]c4c(c23)CCC(N2CCN(C3CC(c5ccc([C@H]6CCC(=O)NC6=O)cc5)C3)CC2)C4)ccc1[C@@H](C)NC(=O)c1nc(C(C)(C)C)no1. The van der Waals surface area contributed by atoms with Crippen LogP contribution in [0.1, 0.15) is 128 Å². The molecule has 2 aliphatic carbocycles. The molecule has 3 atom stereocenters. The number of piperazine rings is 1. The second-order valence-corrected chi connectivity index (χ2v) is 17.9. The van der Waals surface area contributed by atoms with Gasteiger partial charge in [-0.1, -0.05) is 62.3 Å². The summed E-state index contributed by atoms with van der Waals surface area (Å²) < 4.78 is 5.26. The molecule has 3 aromatic heterocycles. The van der Waals surface area contributed by atoms with Crippen LogP contribution < -0.4 is 10.6 Å². The van der Waals surface area contributed by atoms with Crippen LogP contribution in [0.4, 0.5) is 0 Å². The van der Waals surface area contributed by atoms with Crippen molar-refractivity contribution in [2.75, 3.05) is 26.2 Å². The fraction of sp³-hybridized carbons (Fsp3) is 0.489. The molecule has 3 fully saturated rings. The summed E-state index contributed by atoms with van der Waals surface area (Å²) in [7, 11) is 0. The Hall–Kier alpha value is -5.27. The average molecular weight is 784 g/mol. The van der Waals surface area contributed by atoms with Crippen molar-refractivity contribution in [3.8, 4) is 11.3 Å². The van der Waals surface area contributed by atoms with E-state index in [0.29, 0.717) is 36.7 Å². The molecule has 0 bridgehead atoms. The Kier molecular flexibility index (Phi) is 10.00. The van der Waals surface area contributed by atoms with Crippen molar-refractivity contribution in [1.82, 2.24) is 45.5 Å². The van der Waals surface area contributed by atoms with Gasteiger partial charge in [0.1, 0.15) is 12.0 Å². The van der Waals surface area contributed by atoms with E-state index in [1.165, 1.54) is 29.7 Å². The summed E-state index contributed by atoms with van der Waals surface area (Å²) >= 11 is 0. The monoisotopic (exact) mass is 783 g/mol. The Labute approximate surface area is 338 Å². The van der Waals surface area contributed by atoms with E-state index < -0.39 is 5.91 Å². The van der Waals surface area contributed by atoms with Gasteiger partial charge in [0, 0.05) is 73.2 Å². The van der Waals surface area contributed by atoms with E-state index >= 15 is 0 Å². The number of carbonyl (C=O) groups excluding carboxylic acids is 3. The highest BCUT2D eigenvalue weighted by Crippen LogP contribution is 2.41. The molecule has 3 amide bonds. The molecule has 2 saturated heterocycles. The molecule has 58 heavy (non-hydrogen) atoms. The van der Waals surface area contributed by atoms with E-state index in [-0.39, 0.29) is 35.1 Å². The van der Waals surface area contributed by atoms with Gasteiger partial charge in [-0.05, 0) is 85.8 Å². The van der Waals surface area contributed by atoms with Crippen molar-refractivity contribution in [2.45, 2.75) is 115 Å². The number of nitrogens with one attached hydrogen (secondary N) is 3. The van der Waals surface area contributed by atoms with Crippen LogP contribution in [-0.2, 0) is 27.8 Å². The lowest BCUT2D eigenvalue weighted by atomic mass is 9.74. The molecule has 302 valence electrons. The molecule has 13 nitrogen and oxygen atoms in total. The maximum Gasteiger partial charge on any atom is 0.315 e. The molecule has 5 aromatic rings. The standard InChI is InChI=1S/C45H53N9O4/c1-25-20-29(10-12-33(25)26(2)48-42(57)43-51-44(52-58-43)45(3,4)5)39-38-35-13-11-31(23-36(35)49-40(38)47-24-46-39)53-16-18-54(19-17-53)32-21-30(22-32)27-6-8-28(9-7-27)34-14-15-37(55)50-41(34)56/h6-10,12,20,24,26,30-32,34H,11,13-19,21-23H2,1-5H3,(H,48,57)(H,46,47,49)(H,50,55,56)/t26-,30?,31?,32?,34-/m1/s1. The van der Waals surface area contributed by atoms with Gasteiger partial charge in [0.2, 0.25) is 11.8 Å². The number of piperidine rings is 1. The number of fused-ring (bicyclic) bond motifs is 3. The third-order valence-corrected chi connectivity index (χ3v) is 13.1. The number of nitrogens with zero attached hydrogens (tertiary/aromatic N) is 6.